The minimum Gasteiger partial charge on any atom is -0.380 e. The molecule has 102 valence electrons. The van der Waals surface area contributed by atoms with Crippen molar-refractivity contribution in [2.24, 2.45) is 0 Å². The van der Waals surface area contributed by atoms with E-state index in [-0.39, 0.29) is 0 Å². The van der Waals surface area contributed by atoms with E-state index in [1.54, 1.807) is 23.9 Å². The van der Waals surface area contributed by atoms with Crippen molar-refractivity contribution in [1.29, 1.82) is 0 Å². The fourth-order valence-electron chi connectivity index (χ4n) is 1.70. The molecule has 0 spiro atoms. The Bertz CT molecular complexity index is 597. The summed E-state index contributed by atoms with van der Waals surface area (Å²) in [6.07, 6.45) is 6.40. The monoisotopic (exact) mass is 269 g/mol. The van der Waals surface area contributed by atoms with Crippen LogP contribution in [0.5, 0.6) is 0 Å². The summed E-state index contributed by atoms with van der Waals surface area (Å²) in [5, 5.41) is 11.8. The van der Waals surface area contributed by atoms with E-state index in [1.807, 2.05) is 36.4 Å². The Morgan fingerprint density at radius 2 is 1.95 bits per heavy atom. The summed E-state index contributed by atoms with van der Waals surface area (Å²) >= 11 is 0. The van der Waals surface area contributed by atoms with E-state index in [1.165, 1.54) is 6.08 Å². The predicted octanol–water partition coefficient (Wildman–Crippen LogP) is 2.21. The van der Waals surface area contributed by atoms with E-state index >= 15 is 0 Å². The van der Waals surface area contributed by atoms with Crippen molar-refractivity contribution in [3.05, 3.63) is 66.0 Å². The van der Waals surface area contributed by atoms with Crippen LogP contribution in [-0.2, 0) is 11.3 Å². The highest BCUT2D eigenvalue weighted by atomic mass is 16.5. The molecule has 2 rings (SSSR count). The summed E-state index contributed by atoms with van der Waals surface area (Å²) < 4.78 is 0. The number of anilines is 1. The van der Waals surface area contributed by atoms with Gasteiger partial charge in [0.2, 0.25) is 0 Å². The Kier molecular flexibility index (Phi) is 4.86. The molecule has 3 N–H and O–H groups in total. The number of rotatable bonds is 5. The summed E-state index contributed by atoms with van der Waals surface area (Å²) in [6.45, 7) is 0.666. The molecule has 5 heteroatoms. The van der Waals surface area contributed by atoms with Crippen molar-refractivity contribution in [3.8, 4) is 0 Å². The zero-order valence-electron chi connectivity index (χ0n) is 10.8. The summed E-state index contributed by atoms with van der Waals surface area (Å²) in [5.74, 6) is -0.561. The second kappa shape index (κ2) is 7.06. The molecule has 0 atom stereocenters. The second-order valence-electron chi connectivity index (χ2n) is 4.11. The van der Waals surface area contributed by atoms with Gasteiger partial charge in [0, 0.05) is 30.7 Å². The number of hydrogen-bond acceptors (Lipinski definition) is 4. The first-order valence-corrected chi connectivity index (χ1v) is 6.13. The lowest BCUT2D eigenvalue weighted by atomic mass is 10.1. The van der Waals surface area contributed by atoms with E-state index in [9.17, 15) is 4.79 Å². The first-order chi connectivity index (χ1) is 9.79. The quantitative estimate of drug-likeness (QED) is 0.442. The van der Waals surface area contributed by atoms with Crippen molar-refractivity contribution in [2.45, 2.75) is 6.54 Å². The van der Waals surface area contributed by atoms with E-state index in [0.717, 1.165) is 16.8 Å². The lowest BCUT2D eigenvalue weighted by molar-refractivity contribution is -0.124. The predicted molar refractivity (Wildman–Crippen MR) is 77.0 cm³/mol. The van der Waals surface area contributed by atoms with E-state index in [4.69, 9.17) is 5.21 Å². The Balaban J connectivity index is 2.08. The maximum absolute atomic E-state index is 11.0. The zero-order valence-corrected chi connectivity index (χ0v) is 10.8. The van der Waals surface area contributed by atoms with Crippen LogP contribution >= 0.6 is 0 Å². The highest BCUT2D eigenvalue weighted by Gasteiger charge is 1.99. The Labute approximate surface area is 116 Å². The molecule has 0 aliphatic rings. The average molecular weight is 269 g/mol. The van der Waals surface area contributed by atoms with Gasteiger partial charge in [-0.25, -0.2) is 5.48 Å². The zero-order chi connectivity index (χ0) is 14.2. The van der Waals surface area contributed by atoms with Crippen molar-refractivity contribution in [2.75, 3.05) is 5.32 Å². The van der Waals surface area contributed by atoms with Crippen LogP contribution in [0.2, 0.25) is 0 Å². The molecule has 0 aliphatic heterocycles. The van der Waals surface area contributed by atoms with Crippen molar-refractivity contribution in [3.63, 3.8) is 0 Å². The molecule has 1 aromatic heterocycles. The third-order valence-electron chi connectivity index (χ3n) is 2.72. The number of amides is 1. The van der Waals surface area contributed by atoms with E-state index in [2.05, 4.69) is 10.3 Å². The molecular formula is C15H15N3O2. The third kappa shape index (κ3) is 3.93. The highest BCUT2D eigenvalue weighted by Crippen LogP contribution is 2.17. The normalized spacial score (nSPS) is 10.4. The van der Waals surface area contributed by atoms with E-state index in [0.29, 0.717) is 6.54 Å². The van der Waals surface area contributed by atoms with Crippen molar-refractivity contribution < 1.29 is 10.0 Å². The first kappa shape index (κ1) is 13.8. The van der Waals surface area contributed by atoms with Gasteiger partial charge < -0.3 is 5.32 Å². The first-order valence-electron chi connectivity index (χ1n) is 6.13. The van der Waals surface area contributed by atoms with Gasteiger partial charge in [0.25, 0.3) is 5.91 Å². The summed E-state index contributed by atoms with van der Waals surface area (Å²) in [5.41, 5.74) is 4.45. The van der Waals surface area contributed by atoms with Gasteiger partial charge in [0.05, 0.1) is 0 Å². The SMILES string of the molecule is O=C(/C=C/c1ccccc1NCc1ccncc1)NO. The van der Waals surface area contributed by atoms with Crippen LogP contribution in [0.1, 0.15) is 11.1 Å². The Hall–Kier alpha value is -2.66. The topological polar surface area (TPSA) is 74.2 Å². The van der Waals surface area contributed by atoms with E-state index < -0.39 is 5.91 Å². The number of hydrogen-bond donors (Lipinski definition) is 3. The maximum atomic E-state index is 11.0. The van der Waals surface area contributed by atoms with Crippen LogP contribution in [-0.4, -0.2) is 16.1 Å². The van der Waals surface area contributed by atoms with Gasteiger partial charge in [0.15, 0.2) is 0 Å². The molecule has 1 heterocycles. The molecule has 0 unspecified atom stereocenters. The molecular weight excluding hydrogens is 254 g/mol. The number of hydroxylamine groups is 1. The summed E-state index contributed by atoms with van der Waals surface area (Å²) in [7, 11) is 0. The fraction of sp³-hybridized carbons (Fsp3) is 0.0667. The fourth-order valence-corrected chi connectivity index (χ4v) is 1.70. The number of para-hydroxylation sites is 1. The largest absolute Gasteiger partial charge is 0.380 e. The molecule has 20 heavy (non-hydrogen) atoms. The third-order valence-corrected chi connectivity index (χ3v) is 2.72. The molecule has 0 aliphatic carbocycles. The number of nitrogens with zero attached hydrogens (tertiary/aromatic N) is 1. The number of pyridine rings is 1. The van der Waals surface area contributed by atoms with Crippen LogP contribution in [0.4, 0.5) is 5.69 Å². The standard InChI is InChI=1S/C15H15N3O2/c19-15(18-20)6-5-13-3-1-2-4-14(13)17-11-12-7-9-16-10-8-12/h1-10,17,20H,11H2,(H,18,19)/b6-5+. The molecule has 0 saturated heterocycles. The van der Waals surface area contributed by atoms with Gasteiger partial charge in [-0.2, -0.15) is 0 Å². The summed E-state index contributed by atoms with van der Waals surface area (Å²) in [6, 6.07) is 11.5. The van der Waals surface area contributed by atoms with Crippen LogP contribution in [0.15, 0.2) is 54.9 Å². The van der Waals surface area contributed by atoms with Crippen LogP contribution in [0, 0.1) is 0 Å². The smallest absolute Gasteiger partial charge is 0.267 e. The molecule has 0 fully saturated rings. The number of benzene rings is 1. The van der Waals surface area contributed by atoms with Gasteiger partial charge in [0.1, 0.15) is 0 Å². The molecule has 2 aromatic rings. The van der Waals surface area contributed by atoms with Crippen molar-refractivity contribution in [1.82, 2.24) is 10.5 Å². The molecule has 5 nitrogen and oxygen atoms in total. The van der Waals surface area contributed by atoms with Gasteiger partial charge in [-0.15, -0.1) is 0 Å². The number of carbonyl (C=O) groups is 1. The van der Waals surface area contributed by atoms with Crippen LogP contribution < -0.4 is 10.8 Å². The number of nitrogens with one attached hydrogen (secondary N) is 2. The van der Waals surface area contributed by atoms with Gasteiger partial charge in [-0.3, -0.25) is 15.0 Å². The van der Waals surface area contributed by atoms with Gasteiger partial charge >= 0.3 is 0 Å². The minimum absolute atomic E-state index is 0.561. The molecule has 0 saturated carbocycles. The minimum atomic E-state index is -0.561. The molecule has 1 amide bonds. The van der Waals surface area contributed by atoms with Crippen LogP contribution in [0.3, 0.4) is 0 Å². The number of carbonyl (C=O) groups excluding carboxylic acids is 1. The lowest BCUT2D eigenvalue weighted by Gasteiger charge is -2.09. The second-order valence-corrected chi connectivity index (χ2v) is 4.11. The average Bonchev–Trinajstić information content (AvgIpc) is 2.52. The van der Waals surface area contributed by atoms with Gasteiger partial charge in [-0.05, 0) is 35.4 Å². The summed E-state index contributed by atoms with van der Waals surface area (Å²) in [4.78, 5) is 15.0. The van der Waals surface area contributed by atoms with Gasteiger partial charge in [-0.1, -0.05) is 18.2 Å². The molecule has 0 radical (unpaired) electrons. The Morgan fingerprint density at radius 3 is 2.70 bits per heavy atom. The number of aromatic nitrogens is 1. The Morgan fingerprint density at radius 1 is 1.20 bits per heavy atom. The molecule has 0 bridgehead atoms. The van der Waals surface area contributed by atoms with Crippen LogP contribution in [0.25, 0.3) is 6.08 Å². The maximum Gasteiger partial charge on any atom is 0.267 e. The highest BCUT2D eigenvalue weighted by molar-refractivity contribution is 5.91. The molecule has 1 aromatic carbocycles. The lowest BCUT2D eigenvalue weighted by Crippen LogP contribution is -2.14. The van der Waals surface area contributed by atoms with Crippen molar-refractivity contribution >= 4 is 17.7 Å².